The molecule has 72 heavy (non-hydrogen) atoms. The molecule has 0 aromatic rings. The van der Waals surface area contributed by atoms with Gasteiger partial charge in [-0.3, -0.25) is 47.9 Å². The number of carbonyl (C=O) groups is 10. The molecule has 3 fully saturated rings. The summed E-state index contributed by atoms with van der Waals surface area (Å²) in [6.45, 7) is 10.4. The van der Waals surface area contributed by atoms with Crippen LogP contribution in [0.3, 0.4) is 0 Å². The van der Waals surface area contributed by atoms with Crippen LogP contribution in [0, 0.1) is 0 Å². The van der Waals surface area contributed by atoms with E-state index in [9.17, 15) is 47.9 Å². The first-order valence-corrected chi connectivity index (χ1v) is 23.4. The molecule has 3 aliphatic rings. The highest BCUT2D eigenvalue weighted by atomic mass is 16.8. The minimum Gasteiger partial charge on any atom is -0.463 e. The van der Waals surface area contributed by atoms with Crippen molar-refractivity contribution in [2.75, 3.05) is 26.4 Å². The van der Waals surface area contributed by atoms with Crippen LogP contribution in [-0.4, -0.2) is 178 Å². The molecule has 3 aliphatic heterocycles. The van der Waals surface area contributed by atoms with E-state index in [1.54, 1.807) is 0 Å². The van der Waals surface area contributed by atoms with E-state index < -0.39 is 172 Å². The Balaban J connectivity index is 2.26. The molecule has 0 aromatic heterocycles. The number of unbranched alkanes of at least 4 members (excludes halogenated alkanes) is 5. The van der Waals surface area contributed by atoms with Gasteiger partial charge in [0.15, 0.2) is 67.7 Å². The molecule has 26 heteroatoms. The van der Waals surface area contributed by atoms with Crippen molar-refractivity contribution in [1.82, 2.24) is 0 Å². The summed E-state index contributed by atoms with van der Waals surface area (Å²) in [5, 5.41) is 0. The Morgan fingerprint density at radius 3 is 1.03 bits per heavy atom. The topological polar surface area (TPSA) is 318 Å². The molecule has 0 aromatic carbocycles. The number of hydrogen-bond acceptors (Lipinski definition) is 26. The van der Waals surface area contributed by atoms with Gasteiger partial charge in [0.1, 0.15) is 37.6 Å². The second-order valence-electron chi connectivity index (χ2n) is 16.9. The zero-order chi connectivity index (χ0) is 53.8. The molecule has 26 nitrogen and oxygen atoms in total. The first kappa shape index (κ1) is 60.8. The van der Waals surface area contributed by atoms with E-state index in [1.807, 2.05) is 0 Å². The van der Waals surface area contributed by atoms with Crippen molar-refractivity contribution in [1.29, 1.82) is 0 Å². The van der Waals surface area contributed by atoms with Gasteiger partial charge in [-0.1, -0.05) is 39.0 Å². The predicted octanol–water partition coefficient (Wildman–Crippen LogP) is 1.52. The maximum atomic E-state index is 13.1. The van der Waals surface area contributed by atoms with Crippen molar-refractivity contribution in [2.45, 2.75) is 207 Å². The summed E-state index contributed by atoms with van der Waals surface area (Å²) in [7, 11) is 0. The van der Waals surface area contributed by atoms with Gasteiger partial charge < -0.3 is 75.8 Å². The molecule has 408 valence electrons. The fourth-order valence-electron chi connectivity index (χ4n) is 8.00. The normalized spacial score (nSPS) is 30.0. The first-order valence-electron chi connectivity index (χ1n) is 23.4. The fraction of sp³-hybridized carbons (Fsp3) is 0.783. The maximum absolute atomic E-state index is 13.1. The SMILES string of the molecule is CCCCCCCCOC1OC(COC2OC(COC(C)=O)C(OC(C)=O)C(OC(C)=O)C2OC(C)=O)C(OC(C)=O)C(OC2OC(COC(C)=O)C(OC(C)=O)C(OC(C)=O)C2OC(C)=O)C1OC(C)=O. The van der Waals surface area contributed by atoms with Gasteiger partial charge in [-0.15, -0.1) is 0 Å². The third kappa shape index (κ3) is 19.8. The van der Waals surface area contributed by atoms with Crippen LogP contribution in [0.15, 0.2) is 0 Å². The number of rotatable bonds is 25. The standard InChI is InChI=1S/C46H68O26/c1-12-13-14-15-16-17-18-57-44-42(67-30(10)55)40(72-46-43(68-31(11)56)39(65-28(8)53)36(62-25(5)50)33(71-46)20-59-23(3)48)37(63-26(6)51)34(69-44)21-60-45-41(66-29(9)54)38(64-27(7)52)35(61-24(4)49)32(70-45)19-58-22(2)47/h32-46H,12-21H2,1-11H3. The molecule has 3 rings (SSSR count). The summed E-state index contributed by atoms with van der Waals surface area (Å²) in [4.78, 5) is 125. The molecule has 0 spiro atoms. The summed E-state index contributed by atoms with van der Waals surface area (Å²) in [6, 6.07) is 0. The second kappa shape index (κ2) is 29.8. The average molecular weight is 1040 g/mol. The Bertz CT molecular complexity index is 1870. The van der Waals surface area contributed by atoms with Crippen LogP contribution in [0.25, 0.3) is 0 Å². The quantitative estimate of drug-likeness (QED) is 0.0711. The lowest BCUT2D eigenvalue weighted by atomic mass is 9.95. The van der Waals surface area contributed by atoms with Crippen molar-refractivity contribution in [3.8, 4) is 0 Å². The summed E-state index contributed by atoms with van der Waals surface area (Å²) in [6.07, 6.45) is -20.1. The second-order valence-corrected chi connectivity index (χ2v) is 16.9. The van der Waals surface area contributed by atoms with E-state index in [0.29, 0.717) is 6.42 Å². The molecule has 15 atom stereocenters. The molecular weight excluding hydrogens is 968 g/mol. The Hall–Kier alpha value is -5.54. The number of carbonyl (C=O) groups excluding carboxylic acids is 10. The lowest BCUT2D eigenvalue weighted by Crippen LogP contribution is -2.67. The van der Waals surface area contributed by atoms with E-state index in [2.05, 4.69) is 6.92 Å². The predicted molar refractivity (Wildman–Crippen MR) is 234 cm³/mol. The van der Waals surface area contributed by atoms with Crippen molar-refractivity contribution >= 4 is 59.7 Å². The van der Waals surface area contributed by atoms with Gasteiger partial charge in [0.05, 0.1) is 6.61 Å². The Morgan fingerprint density at radius 1 is 0.319 bits per heavy atom. The van der Waals surface area contributed by atoms with E-state index in [4.69, 9.17) is 75.8 Å². The number of esters is 10. The monoisotopic (exact) mass is 1040 g/mol. The van der Waals surface area contributed by atoms with Crippen molar-refractivity contribution < 1.29 is 124 Å². The van der Waals surface area contributed by atoms with Crippen LogP contribution in [-0.2, 0) is 124 Å². The Morgan fingerprint density at radius 2 is 0.625 bits per heavy atom. The summed E-state index contributed by atoms with van der Waals surface area (Å²) >= 11 is 0. The zero-order valence-electron chi connectivity index (χ0n) is 42.3. The summed E-state index contributed by atoms with van der Waals surface area (Å²) in [5.41, 5.74) is 0. The first-order chi connectivity index (χ1) is 33.9. The van der Waals surface area contributed by atoms with E-state index >= 15 is 0 Å². The molecule has 0 saturated carbocycles. The molecule has 3 heterocycles. The van der Waals surface area contributed by atoms with Crippen molar-refractivity contribution in [3.05, 3.63) is 0 Å². The molecule has 0 N–H and O–H groups in total. The van der Waals surface area contributed by atoms with Crippen LogP contribution >= 0.6 is 0 Å². The van der Waals surface area contributed by atoms with Crippen LogP contribution in [0.1, 0.15) is 115 Å². The van der Waals surface area contributed by atoms with Crippen LogP contribution in [0.4, 0.5) is 0 Å². The highest BCUT2D eigenvalue weighted by Crippen LogP contribution is 2.37. The van der Waals surface area contributed by atoms with Crippen molar-refractivity contribution in [3.63, 3.8) is 0 Å². The van der Waals surface area contributed by atoms with Gasteiger partial charge in [-0.05, 0) is 6.42 Å². The van der Waals surface area contributed by atoms with Gasteiger partial charge in [0, 0.05) is 75.8 Å². The summed E-state index contributed by atoms with van der Waals surface area (Å²) < 4.78 is 92.9. The number of hydrogen-bond donors (Lipinski definition) is 0. The van der Waals surface area contributed by atoms with Gasteiger partial charge in [-0.2, -0.15) is 0 Å². The van der Waals surface area contributed by atoms with Crippen molar-refractivity contribution in [2.24, 2.45) is 0 Å². The molecule has 0 radical (unpaired) electrons. The fourth-order valence-corrected chi connectivity index (χ4v) is 8.00. The van der Waals surface area contributed by atoms with E-state index in [-0.39, 0.29) is 6.61 Å². The Kier molecular flexibility index (Phi) is 25.2. The van der Waals surface area contributed by atoms with Gasteiger partial charge >= 0.3 is 59.7 Å². The van der Waals surface area contributed by atoms with Gasteiger partial charge in [-0.25, -0.2) is 0 Å². The lowest BCUT2D eigenvalue weighted by Gasteiger charge is -2.49. The minimum absolute atomic E-state index is 0.00578. The molecule has 15 unspecified atom stereocenters. The summed E-state index contributed by atoms with van der Waals surface area (Å²) in [5.74, 6) is -9.05. The van der Waals surface area contributed by atoms with Crippen LogP contribution in [0.5, 0.6) is 0 Å². The van der Waals surface area contributed by atoms with Crippen LogP contribution < -0.4 is 0 Å². The van der Waals surface area contributed by atoms with E-state index in [0.717, 1.165) is 101 Å². The van der Waals surface area contributed by atoms with Crippen LogP contribution in [0.2, 0.25) is 0 Å². The third-order valence-corrected chi connectivity index (χ3v) is 10.6. The zero-order valence-corrected chi connectivity index (χ0v) is 42.3. The molecule has 3 saturated heterocycles. The lowest BCUT2D eigenvalue weighted by molar-refractivity contribution is -0.367. The highest BCUT2D eigenvalue weighted by Gasteiger charge is 2.59. The van der Waals surface area contributed by atoms with Gasteiger partial charge in [0.2, 0.25) is 0 Å². The smallest absolute Gasteiger partial charge is 0.303 e. The third-order valence-electron chi connectivity index (χ3n) is 10.6. The number of ether oxygens (including phenoxy) is 16. The van der Waals surface area contributed by atoms with E-state index in [1.165, 1.54) is 0 Å². The maximum Gasteiger partial charge on any atom is 0.303 e. The molecular formula is C46H68O26. The Labute approximate surface area is 416 Å². The largest absolute Gasteiger partial charge is 0.463 e. The molecule has 0 bridgehead atoms. The molecule has 0 amide bonds. The molecule has 0 aliphatic carbocycles. The highest BCUT2D eigenvalue weighted by molar-refractivity contribution is 5.70. The van der Waals surface area contributed by atoms with Gasteiger partial charge in [0.25, 0.3) is 0 Å². The average Bonchev–Trinajstić information content (AvgIpc) is 3.25. The minimum atomic E-state index is -1.94.